The Kier molecular flexibility index (Phi) is 6.09. The first-order valence-corrected chi connectivity index (χ1v) is 9.16. The van der Waals surface area contributed by atoms with Crippen LogP contribution in [0.3, 0.4) is 0 Å². The maximum Gasteiger partial charge on any atom is 0.471 e. The van der Waals surface area contributed by atoms with Crippen LogP contribution in [0.1, 0.15) is 16.7 Å². The molecule has 0 saturated carbocycles. The third-order valence-electron chi connectivity index (χ3n) is 4.37. The Morgan fingerprint density at radius 1 is 1.12 bits per heavy atom. The zero-order chi connectivity index (χ0) is 23.8. The molecule has 2 N–H and O–H groups in total. The predicted octanol–water partition coefficient (Wildman–Crippen LogP) is 4.39. The molecule has 13 heteroatoms. The largest absolute Gasteiger partial charge is 0.471 e. The average molecular weight is 479 g/mol. The number of benzene rings is 2. The molecule has 170 valence electrons. The standard InChI is InChI=1S/C19H13ClF6N4O2/c1-9-6-11(18(21,22)23)3-5-14(9)30-17(32)28-15(29-30)12-7-10(2-4-13(12)20)8-27-16(31)19(24,25)26/h2-7H,8H2,1H3,(H,27,31)(H,28,29,32). The summed E-state index contributed by atoms with van der Waals surface area (Å²) in [5.41, 5.74) is -1.05. The van der Waals surface area contributed by atoms with E-state index in [2.05, 4.69) is 10.1 Å². The molecule has 0 atom stereocenters. The highest BCUT2D eigenvalue weighted by atomic mass is 35.5. The normalized spacial score (nSPS) is 12.1. The number of carbonyl (C=O) groups excluding carboxylic acids is 1. The van der Waals surface area contributed by atoms with Gasteiger partial charge in [0.05, 0.1) is 16.3 Å². The van der Waals surface area contributed by atoms with E-state index in [1.807, 2.05) is 0 Å². The monoisotopic (exact) mass is 478 g/mol. The van der Waals surface area contributed by atoms with Crippen LogP contribution in [0.15, 0.2) is 41.2 Å². The van der Waals surface area contributed by atoms with Gasteiger partial charge in [0, 0.05) is 12.1 Å². The Bertz CT molecular complexity index is 1230. The van der Waals surface area contributed by atoms with Crippen molar-refractivity contribution in [2.45, 2.75) is 25.8 Å². The van der Waals surface area contributed by atoms with E-state index in [9.17, 15) is 35.9 Å². The van der Waals surface area contributed by atoms with Crippen molar-refractivity contribution in [3.05, 3.63) is 68.6 Å². The number of amides is 1. The van der Waals surface area contributed by atoms with E-state index in [4.69, 9.17) is 11.6 Å². The molecule has 1 amide bonds. The highest BCUT2D eigenvalue weighted by molar-refractivity contribution is 6.33. The minimum Gasteiger partial charge on any atom is -0.344 e. The molecule has 0 aliphatic rings. The number of rotatable bonds is 4. The maximum atomic E-state index is 12.9. The van der Waals surface area contributed by atoms with E-state index in [0.717, 1.165) is 22.9 Å². The van der Waals surface area contributed by atoms with Crippen molar-refractivity contribution in [2.75, 3.05) is 0 Å². The van der Waals surface area contributed by atoms with E-state index in [-0.39, 0.29) is 33.2 Å². The number of H-pyrrole nitrogens is 1. The van der Waals surface area contributed by atoms with E-state index in [1.54, 1.807) is 5.32 Å². The molecule has 0 saturated heterocycles. The molecule has 0 fully saturated rings. The van der Waals surface area contributed by atoms with Crippen LogP contribution in [-0.4, -0.2) is 26.8 Å². The SMILES string of the molecule is Cc1cc(C(F)(F)F)ccc1-n1nc(-c2cc(CNC(=O)C(F)(F)F)ccc2Cl)[nH]c1=O. The van der Waals surface area contributed by atoms with Gasteiger partial charge in [-0.1, -0.05) is 17.7 Å². The number of carbonyl (C=O) groups is 1. The summed E-state index contributed by atoms with van der Waals surface area (Å²) < 4.78 is 76.5. The lowest BCUT2D eigenvalue weighted by Gasteiger charge is -2.10. The molecule has 2 aromatic carbocycles. The summed E-state index contributed by atoms with van der Waals surface area (Å²) in [6, 6.07) is 6.80. The highest BCUT2D eigenvalue weighted by Gasteiger charge is 2.38. The first-order valence-electron chi connectivity index (χ1n) is 8.79. The van der Waals surface area contributed by atoms with Gasteiger partial charge >= 0.3 is 23.9 Å². The van der Waals surface area contributed by atoms with Crippen molar-refractivity contribution in [2.24, 2.45) is 0 Å². The Morgan fingerprint density at radius 3 is 2.41 bits per heavy atom. The van der Waals surface area contributed by atoms with Crippen LogP contribution >= 0.6 is 11.6 Å². The molecule has 0 aliphatic heterocycles. The molecule has 0 aliphatic carbocycles. The summed E-state index contributed by atoms with van der Waals surface area (Å²) in [5.74, 6) is -2.19. The fourth-order valence-electron chi connectivity index (χ4n) is 2.82. The summed E-state index contributed by atoms with van der Waals surface area (Å²) in [5, 5.41) is 5.86. The van der Waals surface area contributed by atoms with Gasteiger partial charge in [0.2, 0.25) is 0 Å². The van der Waals surface area contributed by atoms with Gasteiger partial charge in [-0.25, -0.2) is 4.79 Å². The molecular weight excluding hydrogens is 466 g/mol. The molecule has 32 heavy (non-hydrogen) atoms. The molecule has 1 heterocycles. The third kappa shape index (κ3) is 4.96. The minimum absolute atomic E-state index is 0.0664. The number of aromatic amines is 1. The number of nitrogens with one attached hydrogen (secondary N) is 2. The van der Waals surface area contributed by atoms with Crippen LogP contribution in [-0.2, 0) is 17.5 Å². The zero-order valence-corrected chi connectivity index (χ0v) is 16.8. The minimum atomic E-state index is -5.04. The number of aryl methyl sites for hydroxylation is 1. The summed E-state index contributed by atoms with van der Waals surface area (Å²) in [6.45, 7) is 0.910. The van der Waals surface area contributed by atoms with Crippen molar-refractivity contribution < 1.29 is 31.1 Å². The second-order valence-electron chi connectivity index (χ2n) is 6.68. The second kappa shape index (κ2) is 8.34. The van der Waals surface area contributed by atoms with Gasteiger partial charge in [-0.05, 0) is 48.4 Å². The lowest BCUT2D eigenvalue weighted by Crippen LogP contribution is -2.36. The fraction of sp³-hybridized carbons (Fsp3) is 0.211. The molecular formula is C19H13ClF6N4O2. The lowest BCUT2D eigenvalue weighted by molar-refractivity contribution is -0.173. The fourth-order valence-corrected chi connectivity index (χ4v) is 3.03. The summed E-state index contributed by atoms with van der Waals surface area (Å²) in [6.07, 6.45) is -9.60. The first kappa shape index (κ1) is 23.4. The lowest BCUT2D eigenvalue weighted by atomic mass is 10.1. The summed E-state index contributed by atoms with van der Waals surface area (Å²) >= 11 is 6.11. The van der Waals surface area contributed by atoms with E-state index in [1.165, 1.54) is 25.1 Å². The molecule has 0 bridgehead atoms. The molecule has 0 unspecified atom stereocenters. The van der Waals surface area contributed by atoms with Crippen molar-refractivity contribution in [1.82, 2.24) is 20.1 Å². The van der Waals surface area contributed by atoms with Gasteiger partial charge in [0.1, 0.15) is 0 Å². The quantitative estimate of drug-likeness (QED) is 0.546. The zero-order valence-electron chi connectivity index (χ0n) is 16.0. The van der Waals surface area contributed by atoms with Gasteiger partial charge in [-0.2, -0.15) is 31.0 Å². The summed E-state index contributed by atoms with van der Waals surface area (Å²) in [7, 11) is 0. The van der Waals surface area contributed by atoms with E-state index >= 15 is 0 Å². The van der Waals surface area contributed by atoms with Gasteiger partial charge in [0.25, 0.3) is 0 Å². The van der Waals surface area contributed by atoms with Crippen molar-refractivity contribution in [1.29, 1.82) is 0 Å². The Morgan fingerprint density at radius 2 is 1.81 bits per heavy atom. The Hall–Kier alpha value is -3.28. The highest BCUT2D eigenvalue weighted by Crippen LogP contribution is 2.31. The molecule has 0 radical (unpaired) electrons. The van der Waals surface area contributed by atoms with Crippen LogP contribution in [0, 0.1) is 6.92 Å². The van der Waals surface area contributed by atoms with Crippen LogP contribution in [0.5, 0.6) is 0 Å². The van der Waals surface area contributed by atoms with Crippen LogP contribution in [0.25, 0.3) is 17.1 Å². The van der Waals surface area contributed by atoms with Gasteiger partial charge in [0.15, 0.2) is 5.82 Å². The number of hydrogen-bond acceptors (Lipinski definition) is 3. The Labute approximate surface area is 180 Å². The smallest absolute Gasteiger partial charge is 0.344 e. The number of aromatic nitrogens is 3. The predicted molar refractivity (Wildman–Crippen MR) is 102 cm³/mol. The molecule has 6 nitrogen and oxygen atoms in total. The van der Waals surface area contributed by atoms with Crippen molar-refractivity contribution >= 4 is 17.5 Å². The third-order valence-corrected chi connectivity index (χ3v) is 4.70. The maximum absolute atomic E-state index is 12.9. The van der Waals surface area contributed by atoms with Crippen molar-refractivity contribution in [3.8, 4) is 17.1 Å². The van der Waals surface area contributed by atoms with E-state index < -0.39 is 36.1 Å². The van der Waals surface area contributed by atoms with Crippen LogP contribution in [0.4, 0.5) is 26.3 Å². The number of alkyl halides is 6. The first-order chi connectivity index (χ1) is 14.8. The number of halogens is 7. The van der Waals surface area contributed by atoms with Gasteiger partial charge in [-0.15, -0.1) is 5.10 Å². The van der Waals surface area contributed by atoms with Crippen molar-refractivity contribution in [3.63, 3.8) is 0 Å². The Balaban J connectivity index is 1.94. The van der Waals surface area contributed by atoms with Gasteiger partial charge in [-0.3, -0.25) is 9.78 Å². The van der Waals surface area contributed by atoms with Gasteiger partial charge < -0.3 is 5.32 Å². The molecule has 3 aromatic rings. The van der Waals surface area contributed by atoms with Crippen LogP contribution < -0.4 is 11.0 Å². The molecule has 3 rings (SSSR count). The number of nitrogens with zero attached hydrogens (tertiary/aromatic N) is 2. The second-order valence-corrected chi connectivity index (χ2v) is 7.09. The average Bonchev–Trinajstić information content (AvgIpc) is 3.06. The summed E-state index contributed by atoms with van der Waals surface area (Å²) in [4.78, 5) is 25.8. The topological polar surface area (TPSA) is 79.8 Å². The van der Waals surface area contributed by atoms with Crippen LogP contribution in [0.2, 0.25) is 5.02 Å². The van der Waals surface area contributed by atoms with E-state index in [0.29, 0.717) is 0 Å². The molecule has 1 aromatic heterocycles. The number of hydrogen-bond donors (Lipinski definition) is 2. The molecule has 0 spiro atoms.